The summed E-state index contributed by atoms with van der Waals surface area (Å²) < 4.78 is 51.1. The minimum absolute atomic E-state index is 0.0273. The van der Waals surface area contributed by atoms with Crippen LogP contribution in [-0.2, 0) is 11.0 Å². The van der Waals surface area contributed by atoms with E-state index in [9.17, 15) is 22.4 Å². The first-order valence-corrected chi connectivity index (χ1v) is 6.70. The van der Waals surface area contributed by atoms with Gasteiger partial charge in [-0.2, -0.15) is 13.2 Å². The van der Waals surface area contributed by atoms with E-state index in [0.29, 0.717) is 12.0 Å². The SMILES string of the molecule is O=C(Nc1ccc(F)c(C(F)(F)F)c1)C1CC2C=CC1C2. The maximum Gasteiger partial charge on any atom is 0.419 e. The third kappa shape index (κ3) is 2.66. The van der Waals surface area contributed by atoms with E-state index in [0.717, 1.165) is 25.0 Å². The van der Waals surface area contributed by atoms with Gasteiger partial charge in [0.05, 0.1) is 5.56 Å². The highest BCUT2D eigenvalue weighted by atomic mass is 19.4. The van der Waals surface area contributed by atoms with Gasteiger partial charge in [0.25, 0.3) is 0 Å². The Kier molecular flexibility index (Phi) is 3.26. The van der Waals surface area contributed by atoms with Gasteiger partial charge >= 0.3 is 6.18 Å². The molecule has 0 aromatic heterocycles. The molecule has 112 valence electrons. The molecule has 0 heterocycles. The van der Waals surface area contributed by atoms with Crippen LogP contribution in [-0.4, -0.2) is 5.91 Å². The number of benzene rings is 1. The van der Waals surface area contributed by atoms with E-state index in [-0.39, 0.29) is 23.4 Å². The van der Waals surface area contributed by atoms with Gasteiger partial charge in [-0.25, -0.2) is 4.39 Å². The topological polar surface area (TPSA) is 29.1 Å². The highest BCUT2D eigenvalue weighted by Crippen LogP contribution is 2.44. The summed E-state index contributed by atoms with van der Waals surface area (Å²) in [5.41, 5.74) is -1.39. The summed E-state index contributed by atoms with van der Waals surface area (Å²) in [6.07, 6.45) is 0.938. The van der Waals surface area contributed by atoms with Crippen LogP contribution in [0.2, 0.25) is 0 Å². The van der Waals surface area contributed by atoms with E-state index in [2.05, 4.69) is 11.4 Å². The lowest BCUT2D eigenvalue weighted by Crippen LogP contribution is -2.26. The van der Waals surface area contributed by atoms with Gasteiger partial charge in [-0.05, 0) is 42.9 Å². The van der Waals surface area contributed by atoms with Gasteiger partial charge in [0, 0.05) is 11.6 Å². The molecule has 0 radical (unpaired) electrons. The van der Waals surface area contributed by atoms with Crippen LogP contribution in [0, 0.1) is 23.6 Å². The minimum Gasteiger partial charge on any atom is -0.326 e. The van der Waals surface area contributed by atoms with Crippen LogP contribution >= 0.6 is 0 Å². The Morgan fingerprint density at radius 3 is 2.52 bits per heavy atom. The first-order chi connectivity index (χ1) is 9.84. The maximum absolute atomic E-state index is 13.2. The number of hydrogen-bond donors (Lipinski definition) is 1. The zero-order valence-corrected chi connectivity index (χ0v) is 11.0. The summed E-state index contributed by atoms with van der Waals surface area (Å²) in [4.78, 5) is 12.1. The molecular formula is C15H13F4NO. The van der Waals surface area contributed by atoms with Crippen LogP contribution < -0.4 is 5.32 Å². The lowest BCUT2D eigenvalue weighted by molar-refractivity contribution is -0.140. The molecule has 21 heavy (non-hydrogen) atoms. The number of rotatable bonds is 2. The van der Waals surface area contributed by atoms with E-state index in [1.54, 1.807) is 0 Å². The van der Waals surface area contributed by atoms with Crippen molar-refractivity contribution >= 4 is 11.6 Å². The number of amides is 1. The molecule has 2 nitrogen and oxygen atoms in total. The second kappa shape index (κ2) is 4.86. The van der Waals surface area contributed by atoms with E-state index in [4.69, 9.17) is 0 Å². The first-order valence-electron chi connectivity index (χ1n) is 6.70. The fraction of sp³-hybridized carbons (Fsp3) is 0.400. The monoisotopic (exact) mass is 299 g/mol. The normalized spacial score (nSPS) is 27.1. The zero-order valence-electron chi connectivity index (χ0n) is 11.0. The van der Waals surface area contributed by atoms with E-state index >= 15 is 0 Å². The van der Waals surface area contributed by atoms with Crippen molar-refractivity contribution < 1.29 is 22.4 Å². The molecule has 1 saturated carbocycles. The van der Waals surface area contributed by atoms with E-state index in [1.807, 2.05) is 6.08 Å². The Labute approximate surface area is 118 Å². The average molecular weight is 299 g/mol. The number of carbonyl (C=O) groups excluding carboxylic acids is 1. The van der Waals surface area contributed by atoms with Crippen molar-refractivity contribution in [3.63, 3.8) is 0 Å². The molecule has 1 fully saturated rings. The molecule has 3 atom stereocenters. The van der Waals surface area contributed by atoms with Crippen LogP contribution in [0.5, 0.6) is 0 Å². The third-order valence-corrected chi connectivity index (χ3v) is 4.15. The van der Waals surface area contributed by atoms with Crippen LogP contribution in [0.3, 0.4) is 0 Å². The molecule has 6 heteroatoms. The predicted octanol–water partition coefficient (Wildman–Crippen LogP) is 4.00. The number of allylic oxidation sites excluding steroid dienone is 2. The molecule has 1 amide bonds. The molecule has 0 aliphatic heterocycles. The predicted molar refractivity (Wildman–Crippen MR) is 68.9 cm³/mol. The molecule has 2 aliphatic carbocycles. The maximum atomic E-state index is 13.2. The fourth-order valence-electron chi connectivity index (χ4n) is 3.14. The van der Waals surface area contributed by atoms with Crippen molar-refractivity contribution in [1.82, 2.24) is 0 Å². The first kappa shape index (κ1) is 14.1. The summed E-state index contributed by atoms with van der Waals surface area (Å²) in [6, 6.07) is 2.50. The Morgan fingerprint density at radius 2 is 1.95 bits per heavy atom. The molecular weight excluding hydrogens is 286 g/mol. The lowest BCUT2D eigenvalue weighted by atomic mass is 9.93. The Balaban J connectivity index is 1.76. The highest BCUT2D eigenvalue weighted by Gasteiger charge is 2.40. The van der Waals surface area contributed by atoms with Crippen LogP contribution in [0.25, 0.3) is 0 Å². The van der Waals surface area contributed by atoms with Crippen molar-refractivity contribution in [2.45, 2.75) is 19.0 Å². The Hall–Kier alpha value is -1.85. The molecule has 1 aromatic carbocycles. The van der Waals surface area contributed by atoms with Gasteiger partial charge in [0.2, 0.25) is 5.91 Å². The third-order valence-electron chi connectivity index (χ3n) is 4.15. The van der Waals surface area contributed by atoms with Gasteiger partial charge in [-0.3, -0.25) is 4.79 Å². The molecule has 1 N–H and O–H groups in total. The van der Waals surface area contributed by atoms with E-state index < -0.39 is 17.6 Å². The molecule has 3 rings (SSSR count). The molecule has 2 bridgehead atoms. The van der Waals surface area contributed by atoms with Gasteiger partial charge in [0.15, 0.2) is 0 Å². The number of alkyl halides is 3. The molecule has 2 aliphatic rings. The smallest absolute Gasteiger partial charge is 0.326 e. The van der Waals surface area contributed by atoms with Gasteiger partial charge < -0.3 is 5.32 Å². The number of carbonyl (C=O) groups is 1. The summed E-state index contributed by atoms with van der Waals surface area (Å²) in [7, 11) is 0. The number of fused-ring (bicyclic) bond motifs is 2. The van der Waals surface area contributed by atoms with Gasteiger partial charge in [-0.15, -0.1) is 0 Å². The summed E-state index contributed by atoms with van der Waals surface area (Å²) in [5.74, 6) is -1.29. The molecule has 0 saturated heterocycles. The number of hydrogen-bond acceptors (Lipinski definition) is 1. The molecule has 0 spiro atoms. The quantitative estimate of drug-likeness (QED) is 0.649. The number of halogens is 4. The van der Waals surface area contributed by atoms with Crippen molar-refractivity contribution in [3.8, 4) is 0 Å². The summed E-state index contributed by atoms with van der Waals surface area (Å²) in [5, 5.41) is 2.47. The second-order valence-electron chi connectivity index (χ2n) is 5.57. The van der Waals surface area contributed by atoms with Crippen molar-refractivity contribution in [1.29, 1.82) is 0 Å². The van der Waals surface area contributed by atoms with Crippen molar-refractivity contribution in [2.24, 2.45) is 17.8 Å². The standard InChI is InChI=1S/C15H13F4NO/c16-13-4-3-10(7-12(13)15(17,18)19)20-14(21)11-6-8-1-2-9(11)5-8/h1-4,7-9,11H,5-6H2,(H,20,21). The minimum atomic E-state index is -4.78. The van der Waals surface area contributed by atoms with Crippen molar-refractivity contribution in [3.05, 3.63) is 41.7 Å². The molecule has 3 unspecified atom stereocenters. The van der Waals surface area contributed by atoms with Crippen molar-refractivity contribution in [2.75, 3.05) is 5.32 Å². The van der Waals surface area contributed by atoms with Crippen LogP contribution in [0.15, 0.2) is 30.4 Å². The second-order valence-corrected chi connectivity index (χ2v) is 5.57. The Bertz CT molecular complexity index is 608. The van der Waals surface area contributed by atoms with Crippen LogP contribution in [0.4, 0.5) is 23.2 Å². The average Bonchev–Trinajstić information content (AvgIpc) is 3.02. The largest absolute Gasteiger partial charge is 0.419 e. The fourth-order valence-corrected chi connectivity index (χ4v) is 3.14. The van der Waals surface area contributed by atoms with Gasteiger partial charge in [-0.1, -0.05) is 12.2 Å². The van der Waals surface area contributed by atoms with Crippen LogP contribution in [0.1, 0.15) is 18.4 Å². The van der Waals surface area contributed by atoms with E-state index in [1.165, 1.54) is 0 Å². The summed E-state index contributed by atoms with van der Waals surface area (Å²) >= 11 is 0. The highest BCUT2D eigenvalue weighted by molar-refractivity contribution is 5.93. The number of anilines is 1. The van der Waals surface area contributed by atoms with Gasteiger partial charge in [0.1, 0.15) is 5.82 Å². The molecule has 1 aromatic rings. The summed E-state index contributed by atoms with van der Waals surface area (Å²) in [6.45, 7) is 0. The lowest BCUT2D eigenvalue weighted by Gasteiger charge is -2.18. The number of nitrogens with one attached hydrogen (secondary N) is 1. The Morgan fingerprint density at radius 1 is 1.19 bits per heavy atom. The zero-order chi connectivity index (χ0) is 15.2.